The maximum absolute atomic E-state index is 11.4. The molecule has 0 unspecified atom stereocenters. The molecule has 41 heavy (non-hydrogen) atoms. The molecule has 0 saturated heterocycles. The first kappa shape index (κ1) is 32.1. The van der Waals surface area contributed by atoms with Gasteiger partial charge in [-0.25, -0.2) is 4.79 Å². The van der Waals surface area contributed by atoms with E-state index in [-0.39, 0.29) is 25.7 Å². The van der Waals surface area contributed by atoms with Gasteiger partial charge < -0.3 is 19.7 Å². The lowest BCUT2D eigenvalue weighted by Gasteiger charge is -2.16. The summed E-state index contributed by atoms with van der Waals surface area (Å²) in [6.07, 6.45) is 6.63. The van der Waals surface area contributed by atoms with Crippen molar-refractivity contribution in [3.05, 3.63) is 101 Å². The van der Waals surface area contributed by atoms with E-state index < -0.39 is 5.97 Å². The molecule has 0 radical (unpaired) electrons. The fourth-order valence-corrected chi connectivity index (χ4v) is 5.01. The van der Waals surface area contributed by atoms with Crippen LogP contribution in [0.1, 0.15) is 61.4 Å². The summed E-state index contributed by atoms with van der Waals surface area (Å²) < 4.78 is 10.7. The number of aliphatic hydroxyl groups is 2. The Morgan fingerprint density at radius 3 is 1.85 bits per heavy atom. The minimum atomic E-state index is -0.397. The van der Waals surface area contributed by atoms with Crippen molar-refractivity contribution in [2.45, 2.75) is 65.7 Å². The molecular weight excluding hydrogens is 512 g/mol. The maximum Gasteiger partial charge on any atom is 0.333 e. The van der Waals surface area contributed by atoms with E-state index in [1.165, 1.54) is 38.9 Å². The number of carbonyl (C=O) groups excluding carboxylic acids is 1. The van der Waals surface area contributed by atoms with E-state index in [1.54, 1.807) is 6.92 Å². The van der Waals surface area contributed by atoms with E-state index in [1.807, 2.05) is 12.1 Å². The first-order valence-electron chi connectivity index (χ1n) is 14.9. The Morgan fingerprint density at radius 2 is 1.32 bits per heavy atom. The summed E-state index contributed by atoms with van der Waals surface area (Å²) in [6.45, 7) is 10.2. The summed E-state index contributed by atoms with van der Waals surface area (Å²) >= 11 is 0. The first-order chi connectivity index (χ1) is 19.9. The highest BCUT2D eigenvalue weighted by molar-refractivity contribution is 5.86. The number of hydrogen-bond donors (Lipinski definition) is 2. The van der Waals surface area contributed by atoms with E-state index >= 15 is 0 Å². The molecule has 0 aliphatic carbocycles. The van der Waals surface area contributed by atoms with Crippen molar-refractivity contribution in [2.75, 3.05) is 26.4 Å². The number of esters is 1. The predicted molar refractivity (Wildman–Crippen MR) is 166 cm³/mol. The van der Waals surface area contributed by atoms with Crippen molar-refractivity contribution in [3.63, 3.8) is 0 Å². The average molecular weight is 559 g/mol. The van der Waals surface area contributed by atoms with Crippen LogP contribution in [0, 0.1) is 5.92 Å². The summed E-state index contributed by atoms with van der Waals surface area (Å²) in [5, 5.41) is 18.6. The molecule has 0 aliphatic rings. The van der Waals surface area contributed by atoms with E-state index in [9.17, 15) is 15.0 Å². The smallest absolute Gasteiger partial charge is 0.333 e. The summed E-state index contributed by atoms with van der Waals surface area (Å²) in [4.78, 5) is 11.4. The molecule has 2 N–H and O–H groups in total. The molecule has 3 aromatic carbocycles. The molecule has 0 fully saturated rings. The monoisotopic (exact) mass is 558 g/mol. The average Bonchev–Trinajstić information content (AvgIpc) is 3.00. The second-order valence-corrected chi connectivity index (χ2v) is 10.7. The molecule has 5 nitrogen and oxygen atoms in total. The quantitative estimate of drug-likeness (QED) is 0.110. The Kier molecular flexibility index (Phi) is 13.1. The summed E-state index contributed by atoms with van der Waals surface area (Å²) in [6, 6.07) is 21.8. The van der Waals surface area contributed by atoms with Crippen LogP contribution in [0.2, 0.25) is 0 Å². The standard InChI is InChI=1S/C36H46O5/c1-5-31-22-28(8-7-9-30(24-37)25-38)14-18-34(31)35-19-15-29(23-32(35)6-2)11-10-27-12-16-33(17-13-27)40-20-21-41-36(39)26(3)4/h12-19,22-23,30,37-38H,3,5-11,20-21,24-25H2,1-2,4H3. The van der Waals surface area contributed by atoms with Crippen LogP contribution in [-0.2, 0) is 41.6 Å². The summed E-state index contributed by atoms with van der Waals surface area (Å²) in [5.41, 5.74) is 9.65. The lowest BCUT2D eigenvalue weighted by atomic mass is 9.89. The Labute approximate surface area is 245 Å². The predicted octanol–water partition coefficient (Wildman–Crippen LogP) is 6.69. The van der Waals surface area contributed by atoms with Crippen molar-refractivity contribution in [2.24, 2.45) is 5.92 Å². The lowest BCUT2D eigenvalue weighted by Crippen LogP contribution is -2.12. The number of hydrogen-bond acceptors (Lipinski definition) is 5. The maximum atomic E-state index is 11.4. The van der Waals surface area contributed by atoms with Gasteiger partial charge in [-0.1, -0.05) is 69.0 Å². The Morgan fingerprint density at radius 1 is 0.780 bits per heavy atom. The molecule has 0 bridgehead atoms. The zero-order chi connectivity index (χ0) is 29.6. The van der Waals surface area contributed by atoms with E-state index in [0.29, 0.717) is 12.2 Å². The zero-order valence-electron chi connectivity index (χ0n) is 25.0. The molecule has 0 saturated carbocycles. The topological polar surface area (TPSA) is 76.0 Å². The SMILES string of the molecule is C=C(C)C(=O)OCCOc1ccc(CCc2ccc(-c3ccc(CCCC(CO)CO)cc3CC)c(CC)c2)cc1. The van der Waals surface area contributed by atoms with Crippen LogP contribution in [0.15, 0.2) is 72.8 Å². The van der Waals surface area contributed by atoms with Crippen LogP contribution in [0.3, 0.4) is 0 Å². The lowest BCUT2D eigenvalue weighted by molar-refractivity contribution is -0.139. The van der Waals surface area contributed by atoms with Gasteiger partial charge in [0.15, 0.2) is 0 Å². The summed E-state index contributed by atoms with van der Waals surface area (Å²) in [7, 11) is 0. The minimum absolute atomic E-state index is 0.0181. The highest BCUT2D eigenvalue weighted by atomic mass is 16.6. The molecule has 0 heterocycles. The van der Waals surface area contributed by atoms with E-state index in [0.717, 1.165) is 50.7 Å². The van der Waals surface area contributed by atoms with Gasteiger partial charge in [-0.3, -0.25) is 0 Å². The Balaban J connectivity index is 1.58. The van der Waals surface area contributed by atoms with Crippen LogP contribution >= 0.6 is 0 Å². The van der Waals surface area contributed by atoms with Gasteiger partial charge in [0.05, 0.1) is 0 Å². The fourth-order valence-electron chi connectivity index (χ4n) is 5.01. The van der Waals surface area contributed by atoms with Crippen molar-refractivity contribution < 1.29 is 24.5 Å². The van der Waals surface area contributed by atoms with E-state index in [4.69, 9.17) is 9.47 Å². The molecule has 5 heteroatoms. The molecule has 0 amide bonds. The van der Waals surface area contributed by atoms with Crippen LogP contribution < -0.4 is 4.74 Å². The molecule has 0 aromatic heterocycles. The summed E-state index contributed by atoms with van der Waals surface area (Å²) in [5.74, 6) is 0.344. The van der Waals surface area contributed by atoms with Gasteiger partial charge in [0.1, 0.15) is 19.0 Å². The van der Waals surface area contributed by atoms with E-state index in [2.05, 4.69) is 69.0 Å². The number of benzene rings is 3. The van der Waals surface area contributed by atoms with Gasteiger partial charge in [-0.05, 0) is 103 Å². The van der Waals surface area contributed by atoms with Crippen LogP contribution in [0.25, 0.3) is 11.1 Å². The number of aryl methyl sites for hydroxylation is 5. The van der Waals surface area contributed by atoms with Crippen LogP contribution in [0.4, 0.5) is 0 Å². The number of aliphatic hydroxyl groups excluding tert-OH is 2. The van der Waals surface area contributed by atoms with Crippen molar-refractivity contribution >= 4 is 5.97 Å². The molecule has 220 valence electrons. The third-order valence-corrected chi connectivity index (χ3v) is 7.54. The molecule has 0 atom stereocenters. The van der Waals surface area contributed by atoms with Gasteiger partial charge in [-0.2, -0.15) is 0 Å². The van der Waals surface area contributed by atoms with Crippen LogP contribution in [0.5, 0.6) is 5.75 Å². The van der Waals surface area contributed by atoms with Crippen LogP contribution in [-0.4, -0.2) is 42.6 Å². The van der Waals surface area contributed by atoms with Gasteiger partial charge >= 0.3 is 5.97 Å². The number of carbonyl (C=O) groups is 1. The van der Waals surface area contributed by atoms with Gasteiger partial charge in [0, 0.05) is 24.7 Å². The Hall–Kier alpha value is -3.41. The number of rotatable bonds is 17. The minimum Gasteiger partial charge on any atom is -0.490 e. The first-order valence-corrected chi connectivity index (χ1v) is 14.9. The molecule has 0 aliphatic heterocycles. The zero-order valence-corrected chi connectivity index (χ0v) is 25.0. The molecule has 3 aromatic rings. The Bertz CT molecular complexity index is 1260. The largest absolute Gasteiger partial charge is 0.490 e. The highest BCUT2D eigenvalue weighted by Crippen LogP contribution is 2.31. The third-order valence-electron chi connectivity index (χ3n) is 7.54. The second-order valence-electron chi connectivity index (χ2n) is 10.7. The van der Waals surface area contributed by atoms with Gasteiger partial charge in [-0.15, -0.1) is 0 Å². The molecular formula is C36H46O5. The molecule has 0 spiro atoms. The molecule has 3 rings (SSSR count). The van der Waals surface area contributed by atoms with Crippen molar-refractivity contribution in [1.82, 2.24) is 0 Å². The van der Waals surface area contributed by atoms with Crippen molar-refractivity contribution in [3.8, 4) is 16.9 Å². The number of ether oxygens (including phenoxy) is 2. The van der Waals surface area contributed by atoms with Crippen molar-refractivity contribution in [1.29, 1.82) is 0 Å². The highest BCUT2D eigenvalue weighted by Gasteiger charge is 2.12. The van der Waals surface area contributed by atoms with Gasteiger partial charge in [0.2, 0.25) is 0 Å². The second kappa shape index (κ2) is 16.8. The third kappa shape index (κ3) is 9.87. The fraction of sp³-hybridized carbons (Fsp3) is 0.417. The normalized spacial score (nSPS) is 11.1. The van der Waals surface area contributed by atoms with Gasteiger partial charge in [0.25, 0.3) is 0 Å².